The van der Waals surface area contributed by atoms with Crippen molar-refractivity contribution in [2.24, 2.45) is 0 Å². The van der Waals surface area contributed by atoms with E-state index in [9.17, 15) is 9.59 Å². The highest BCUT2D eigenvalue weighted by Gasteiger charge is 2.22. The molecule has 1 heterocycles. The number of para-hydroxylation sites is 1. The Kier molecular flexibility index (Phi) is 10.5. The Bertz CT molecular complexity index is 1230. The largest absolute Gasteiger partial charge is 0.496 e. The average molecular weight is 531 g/mol. The summed E-state index contributed by atoms with van der Waals surface area (Å²) in [7, 11) is 3.47. The van der Waals surface area contributed by atoms with Gasteiger partial charge in [0.2, 0.25) is 0 Å². The zero-order chi connectivity index (χ0) is 27.5. The van der Waals surface area contributed by atoms with Gasteiger partial charge >= 0.3 is 6.09 Å². The van der Waals surface area contributed by atoms with Crippen LogP contribution in [0, 0.1) is 0 Å². The Labute approximate surface area is 230 Å². The number of ether oxygens (including phenoxy) is 2. The lowest BCUT2D eigenvalue weighted by atomic mass is 10.0. The van der Waals surface area contributed by atoms with E-state index in [1.54, 1.807) is 7.11 Å². The van der Waals surface area contributed by atoms with Gasteiger partial charge in [0.05, 0.1) is 24.9 Å². The number of ketones is 1. The van der Waals surface area contributed by atoms with E-state index in [-0.39, 0.29) is 18.4 Å². The normalized spacial score (nSPS) is 14.1. The fourth-order valence-corrected chi connectivity index (χ4v) is 4.82. The smallest absolute Gasteiger partial charge is 0.411 e. The number of hydrogen-bond donors (Lipinski definition) is 3. The molecule has 0 saturated carbocycles. The van der Waals surface area contributed by atoms with Crippen LogP contribution in [-0.2, 0) is 11.3 Å². The summed E-state index contributed by atoms with van der Waals surface area (Å²) in [6.45, 7) is 4.19. The molecule has 4 rings (SSSR count). The molecule has 0 aliphatic carbocycles. The van der Waals surface area contributed by atoms with Gasteiger partial charge in [0.1, 0.15) is 11.9 Å². The zero-order valence-electron chi connectivity index (χ0n) is 22.7. The predicted molar refractivity (Wildman–Crippen MR) is 154 cm³/mol. The van der Waals surface area contributed by atoms with Crippen LogP contribution in [-0.4, -0.2) is 69.8 Å². The number of hydrogen-bond acceptors (Lipinski definition) is 7. The van der Waals surface area contributed by atoms with Crippen LogP contribution in [0.4, 0.5) is 10.5 Å². The first-order valence-electron chi connectivity index (χ1n) is 13.5. The van der Waals surface area contributed by atoms with Crippen molar-refractivity contribution < 1.29 is 19.1 Å². The average Bonchev–Trinajstić information content (AvgIpc) is 2.97. The Balaban J connectivity index is 1.16. The molecule has 3 aromatic rings. The number of anilines is 1. The molecule has 1 fully saturated rings. The summed E-state index contributed by atoms with van der Waals surface area (Å²) < 4.78 is 11.2. The number of amides is 1. The van der Waals surface area contributed by atoms with Crippen LogP contribution in [0.25, 0.3) is 11.1 Å². The van der Waals surface area contributed by atoms with E-state index in [1.807, 2.05) is 79.8 Å². The second-order valence-electron chi connectivity index (χ2n) is 9.65. The number of benzene rings is 3. The standard InChI is InChI=1S/C31H38N4O4/c1-32-21-23-12-13-27(30(20-23)38-2)29(36)22-33-16-19-35-17-14-25(15-18-35)39-31(37)34-28-11-7-6-10-26(28)24-8-4-3-5-9-24/h3-13,20,25,32-33H,14-19,21-22H2,1-2H3,(H,34,37). The van der Waals surface area contributed by atoms with E-state index in [4.69, 9.17) is 9.47 Å². The van der Waals surface area contributed by atoms with Gasteiger partial charge in [-0.2, -0.15) is 0 Å². The predicted octanol–water partition coefficient (Wildman–Crippen LogP) is 4.57. The van der Waals surface area contributed by atoms with E-state index in [0.29, 0.717) is 17.9 Å². The van der Waals surface area contributed by atoms with Crippen molar-refractivity contribution in [3.63, 3.8) is 0 Å². The summed E-state index contributed by atoms with van der Waals surface area (Å²) in [5.41, 5.74) is 4.39. The number of Topliss-reactive ketones (excluding diaryl/α,β-unsaturated/α-hetero) is 1. The van der Waals surface area contributed by atoms with Crippen LogP contribution >= 0.6 is 0 Å². The van der Waals surface area contributed by atoms with Gasteiger partial charge in [-0.15, -0.1) is 0 Å². The lowest BCUT2D eigenvalue weighted by molar-refractivity contribution is 0.0593. The van der Waals surface area contributed by atoms with E-state index >= 15 is 0 Å². The van der Waals surface area contributed by atoms with Crippen LogP contribution in [0.2, 0.25) is 0 Å². The molecule has 8 heteroatoms. The zero-order valence-corrected chi connectivity index (χ0v) is 22.7. The van der Waals surface area contributed by atoms with Crippen molar-refractivity contribution in [3.8, 4) is 16.9 Å². The number of likely N-dealkylation sites (tertiary alicyclic amines) is 1. The number of nitrogens with zero attached hydrogens (tertiary/aromatic N) is 1. The van der Waals surface area contributed by atoms with Crippen LogP contribution in [0.1, 0.15) is 28.8 Å². The van der Waals surface area contributed by atoms with Gasteiger partial charge in [-0.05, 0) is 49.2 Å². The topological polar surface area (TPSA) is 91.9 Å². The lowest BCUT2D eigenvalue weighted by Gasteiger charge is -2.31. The van der Waals surface area contributed by atoms with Crippen molar-refractivity contribution in [2.75, 3.05) is 52.2 Å². The molecule has 1 amide bonds. The molecule has 206 valence electrons. The van der Waals surface area contributed by atoms with Gasteiger partial charge in [-0.3, -0.25) is 10.1 Å². The number of piperidine rings is 1. The van der Waals surface area contributed by atoms with E-state index < -0.39 is 6.09 Å². The van der Waals surface area contributed by atoms with Gasteiger partial charge in [0.15, 0.2) is 5.78 Å². The molecule has 1 saturated heterocycles. The molecule has 3 N–H and O–H groups in total. The van der Waals surface area contributed by atoms with E-state index in [2.05, 4.69) is 20.9 Å². The number of methoxy groups -OCH3 is 1. The first-order valence-corrected chi connectivity index (χ1v) is 13.5. The van der Waals surface area contributed by atoms with Crippen molar-refractivity contribution in [1.82, 2.24) is 15.5 Å². The highest BCUT2D eigenvalue weighted by atomic mass is 16.6. The summed E-state index contributed by atoms with van der Waals surface area (Å²) in [6.07, 6.45) is 1.02. The van der Waals surface area contributed by atoms with Crippen LogP contribution in [0.15, 0.2) is 72.8 Å². The lowest BCUT2D eigenvalue weighted by Crippen LogP contribution is -2.42. The molecule has 1 aliphatic rings. The maximum atomic E-state index is 12.7. The molecule has 8 nitrogen and oxygen atoms in total. The Hall–Kier alpha value is -3.72. The highest BCUT2D eigenvalue weighted by molar-refractivity contribution is 6.00. The van der Waals surface area contributed by atoms with Crippen molar-refractivity contribution in [2.45, 2.75) is 25.5 Å². The highest BCUT2D eigenvalue weighted by Crippen LogP contribution is 2.28. The minimum Gasteiger partial charge on any atom is -0.496 e. The third-order valence-electron chi connectivity index (χ3n) is 6.89. The van der Waals surface area contributed by atoms with E-state index in [0.717, 1.165) is 61.4 Å². The Morgan fingerprint density at radius 3 is 2.46 bits per heavy atom. The van der Waals surface area contributed by atoms with Crippen molar-refractivity contribution in [1.29, 1.82) is 0 Å². The maximum absolute atomic E-state index is 12.7. The summed E-state index contributed by atoms with van der Waals surface area (Å²) in [5.74, 6) is 0.610. The Morgan fingerprint density at radius 2 is 1.72 bits per heavy atom. The van der Waals surface area contributed by atoms with Crippen LogP contribution in [0.5, 0.6) is 5.75 Å². The second-order valence-corrected chi connectivity index (χ2v) is 9.65. The van der Waals surface area contributed by atoms with Gasteiger partial charge in [0, 0.05) is 38.3 Å². The summed E-state index contributed by atoms with van der Waals surface area (Å²) in [5, 5.41) is 9.28. The molecule has 0 radical (unpaired) electrons. The first-order chi connectivity index (χ1) is 19.1. The maximum Gasteiger partial charge on any atom is 0.411 e. The Morgan fingerprint density at radius 1 is 0.974 bits per heavy atom. The molecule has 1 aliphatic heterocycles. The second kappa shape index (κ2) is 14.4. The van der Waals surface area contributed by atoms with Crippen molar-refractivity contribution in [3.05, 3.63) is 83.9 Å². The quantitative estimate of drug-likeness (QED) is 0.233. The fraction of sp³-hybridized carbons (Fsp3) is 0.355. The minimum atomic E-state index is -0.425. The molecule has 0 bridgehead atoms. The summed E-state index contributed by atoms with van der Waals surface area (Å²) >= 11 is 0. The third-order valence-corrected chi connectivity index (χ3v) is 6.89. The molecule has 0 spiro atoms. The molecule has 39 heavy (non-hydrogen) atoms. The molecule has 0 atom stereocenters. The third kappa shape index (κ3) is 8.13. The van der Waals surface area contributed by atoms with Crippen LogP contribution in [0.3, 0.4) is 0 Å². The van der Waals surface area contributed by atoms with Gasteiger partial charge in [0.25, 0.3) is 0 Å². The number of carbonyl (C=O) groups is 2. The first kappa shape index (κ1) is 28.3. The van der Waals surface area contributed by atoms with Crippen LogP contribution < -0.4 is 20.7 Å². The monoisotopic (exact) mass is 530 g/mol. The SMILES string of the molecule is CNCc1ccc(C(=O)CNCCN2CCC(OC(=O)Nc3ccccc3-c3ccccc3)CC2)c(OC)c1. The molecule has 3 aromatic carbocycles. The van der Waals surface area contributed by atoms with Gasteiger partial charge < -0.3 is 25.0 Å². The molecule has 0 aromatic heterocycles. The molecular formula is C31H38N4O4. The minimum absolute atomic E-state index is 0.00909. The number of nitrogens with one attached hydrogen (secondary N) is 3. The number of rotatable bonds is 12. The molecular weight excluding hydrogens is 492 g/mol. The van der Waals surface area contributed by atoms with Gasteiger partial charge in [-0.25, -0.2) is 4.79 Å². The fourth-order valence-electron chi connectivity index (χ4n) is 4.82. The van der Waals surface area contributed by atoms with E-state index in [1.165, 1.54) is 0 Å². The number of carbonyl (C=O) groups excluding carboxylic acids is 2. The summed E-state index contributed by atoms with van der Waals surface area (Å²) in [6, 6.07) is 23.4. The molecule has 0 unspecified atom stereocenters. The van der Waals surface area contributed by atoms with Crippen molar-refractivity contribution >= 4 is 17.6 Å². The van der Waals surface area contributed by atoms with Gasteiger partial charge in [-0.1, -0.05) is 54.6 Å². The summed E-state index contributed by atoms with van der Waals surface area (Å²) in [4.78, 5) is 27.7.